The minimum Gasteiger partial charge on any atom is -0.478 e. The Bertz CT molecular complexity index is 1070. The average Bonchev–Trinajstić information content (AvgIpc) is 3.44. The number of carboxylic acids is 1. The van der Waals surface area contributed by atoms with Crippen LogP contribution < -0.4 is 0 Å². The van der Waals surface area contributed by atoms with E-state index >= 15 is 0 Å². The number of rotatable bonds is 4. The van der Waals surface area contributed by atoms with E-state index in [1.807, 2.05) is 20.8 Å². The molecule has 0 unspecified atom stereocenters. The van der Waals surface area contributed by atoms with Gasteiger partial charge in [0.15, 0.2) is 0 Å². The van der Waals surface area contributed by atoms with Gasteiger partial charge in [-0.3, -0.25) is 14.5 Å². The number of fused-ring (bicyclic) bond motifs is 1. The first-order valence-electron chi connectivity index (χ1n) is 10.5. The minimum atomic E-state index is -1.04. The summed E-state index contributed by atoms with van der Waals surface area (Å²) in [5, 5.41) is 13.4. The molecule has 1 N–H and O–H groups in total. The average molecular weight is 441 g/mol. The molecular weight excluding hydrogens is 414 g/mol. The molecule has 0 atom stereocenters. The number of hydrogen-bond donors (Lipinski definition) is 1. The first-order chi connectivity index (χ1) is 15.0. The van der Waals surface area contributed by atoms with E-state index in [9.17, 15) is 14.4 Å². The van der Waals surface area contributed by atoms with Crippen molar-refractivity contribution in [3.8, 4) is 0 Å². The molecular formula is C22H27N5O5. The predicted molar refractivity (Wildman–Crippen MR) is 113 cm³/mol. The maximum atomic E-state index is 13.4. The third-order valence-electron chi connectivity index (χ3n) is 5.91. The number of nitrogens with zero attached hydrogens (tertiary/aromatic N) is 5. The minimum absolute atomic E-state index is 0.103. The molecule has 2 amide bonds. The van der Waals surface area contributed by atoms with Crippen LogP contribution in [-0.2, 0) is 23.4 Å². The molecule has 1 fully saturated rings. The predicted octanol–water partition coefficient (Wildman–Crippen LogP) is 2.49. The molecule has 2 aromatic rings. The summed E-state index contributed by atoms with van der Waals surface area (Å²) in [7, 11) is 1.72. The lowest BCUT2D eigenvalue weighted by molar-refractivity contribution is 0.0192. The SMILES string of the molecule is CN(C(=O)c1cnn2c1CN(C(=O)OC(C)(C)C)CC2)C1(c2ccc(C(=O)O)cn2)CC1. The third kappa shape index (κ3) is 3.92. The number of carboxylic acid groups (broad SMARTS) is 1. The second kappa shape index (κ2) is 7.61. The fourth-order valence-corrected chi connectivity index (χ4v) is 3.96. The zero-order valence-corrected chi connectivity index (χ0v) is 18.7. The van der Waals surface area contributed by atoms with E-state index in [2.05, 4.69) is 10.1 Å². The highest BCUT2D eigenvalue weighted by atomic mass is 16.6. The quantitative estimate of drug-likeness (QED) is 0.774. The van der Waals surface area contributed by atoms with Crippen molar-refractivity contribution in [1.29, 1.82) is 0 Å². The number of aromatic nitrogens is 3. The summed E-state index contributed by atoms with van der Waals surface area (Å²) in [6.45, 7) is 6.62. The number of carbonyl (C=O) groups is 3. The van der Waals surface area contributed by atoms with E-state index in [1.165, 1.54) is 12.3 Å². The van der Waals surface area contributed by atoms with Crippen LogP contribution >= 0.6 is 0 Å². The molecule has 4 rings (SSSR count). The van der Waals surface area contributed by atoms with E-state index in [0.29, 0.717) is 30.0 Å². The molecule has 10 heteroatoms. The number of carbonyl (C=O) groups excluding carboxylic acids is 2. The molecule has 3 heterocycles. The van der Waals surface area contributed by atoms with Gasteiger partial charge in [-0.15, -0.1) is 0 Å². The van der Waals surface area contributed by atoms with Gasteiger partial charge in [0, 0.05) is 19.8 Å². The maximum absolute atomic E-state index is 13.4. The number of pyridine rings is 1. The second-order valence-electron chi connectivity index (χ2n) is 9.26. The Kier molecular flexibility index (Phi) is 5.18. The van der Waals surface area contributed by atoms with Crippen LogP contribution in [0.4, 0.5) is 4.79 Å². The van der Waals surface area contributed by atoms with Crippen LogP contribution in [0.25, 0.3) is 0 Å². The van der Waals surface area contributed by atoms with Crippen molar-refractivity contribution in [2.45, 2.75) is 57.8 Å². The van der Waals surface area contributed by atoms with Crippen molar-refractivity contribution in [2.75, 3.05) is 13.6 Å². The summed E-state index contributed by atoms with van der Waals surface area (Å²) in [5.41, 5.74) is 0.705. The molecule has 0 saturated heterocycles. The van der Waals surface area contributed by atoms with Gasteiger partial charge in [0.05, 0.1) is 47.3 Å². The summed E-state index contributed by atoms with van der Waals surface area (Å²) in [4.78, 5) is 44.6. The highest BCUT2D eigenvalue weighted by molar-refractivity contribution is 5.96. The maximum Gasteiger partial charge on any atom is 0.410 e. The van der Waals surface area contributed by atoms with Crippen molar-refractivity contribution in [2.24, 2.45) is 0 Å². The van der Waals surface area contributed by atoms with Crippen LogP contribution in [0.3, 0.4) is 0 Å². The Morgan fingerprint density at radius 1 is 1.16 bits per heavy atom. The van der Waals surface area contributed by atoms with E-state index in [0.717, 1.165) is 12.8 Å². The lowest BCUT2D eigenvalue weighted by Gasteiger charge is -2.32. The first-order valence-corrected chi connectivity index (χ1v) is 10.5. The standard InChI is InChI=1S/C22H27N5O5/c1-21(2,3)32-20(31)26-9-10-27-16(13-26)15(12-24-27)18(28)25(4)22(7-8-22)17-6-5-14(11-23-17)19(29)30/h5-6,11-12H,7-10,13H2,1-4H3,(H,29,30). The molecule has 0 spiro atoms. The third-order valence-corrected chi connectivity index (χ3v) is 5.91. The smallest absolute Gasteiger partial charge is 0.410 e. The van der Waals surface area contributed by atoms with Crippen molar-refractivity contribution in [1.82, 2.24) is 24.6 Å². The first kappa shape index (κ1) is 21.8. The summed E-state index contributed by atoms with van der Waals surface area (Å²) < 4.78 is 7.23. The monoisotopic (exact) mass is 441 g/mol. The zero-order valence-electron chi connectivity index (χ0n) is 18.7. The molecule has 2 aromatic heterocycles. The van der Waals surface area contributed by atoms with Gasteiger partial charge in [0.25, 0.3) is 5.91 Å². The molecule has 32 heavy (non-hydrogen) atoms. The normalized spacial score (nSPS) is 16.8. The van der Waals surface area contributed by atoms with E-state index < -0.39 is 23.2 Å². The number of hydrogen-bond acceptors (Lipinski definition) is 6. The highest BCUT2D eigenvalue weighted by Crippen LogP contribution is 2.50. The Morgan fingerprint density at radius 2 is 1.88 bits per heavy atom. The molecule has 1 aliphatic carbocycles. The Balaban J connectivity index is 1.54. The molecule has 1 saturated carbocycles. The number of ether oxygens (including phenoxy) is 1. The van der Waals surface area contributed by atoms with Gasteiger partial charge in [0.2, 0.25) is 0 Å². The Hall–Kier alpha value is -3.43. The van der Waals surface area contributed by atoms with Crippen molar-refractivity contribution >= 4 is 18.0 Å². The number of aromatic carboxylic acids is 1. The summed E-state index contributed by atoms with van der Waals surface area (Å²) in [5.74, 6) is -1.25. The Morgan fingerprint density at radius 3 is 2.44 bits per heavy atom. The van der Waals surface area contributed by atoms with Crippen molar-refractivity contribution in [3.05, 3.63) is 47.0 Å². The molecule has 170 valence electrons. The summed E-state index contributed by atoms with van der Waals surface area (Å²) >= 11 is 0. The fraction of sp³-hybridized carbons (Fsp3) is 0.500. The van der Waals surface area contributed by atoms with Gasteiger partial charge >= 0.3 is 12.1 Å². The molecule has 0 bridgehead atoms. The van der Waals surface area contributed by atoms with Gasteiger partial charge < -0.3 is 19.6 Å². The van der Waals surface area contributed by atoms with Gasteiger partial charge in [-0.05, 0) is 45.7 Å². The largest absolute Gasteiger partial charge is 0.478 e. The molecule has 0 aromatic carbocycles. The second-order valence-corrected chi connectivity index (χ2v) is 9.26. The van der Waals surface area contributed by atoms with E-state index in [-0.39, 0.29) is 18.0 Å². The van der Waals surface area contributed by atoms with Gasteiger partial charge in [-0.2, -0.15) is 5.10 Å². The Labute approximate surface area is 185 Å². The highest BCUT2D eigenvalue weighted by Gasteiger charge is 2.51. The van der Waals surface area contributed by atoms with Gasteiger partial charge in [-0.1, -0.05) is 0 Å². The van der Waals surface area contributed by atoms with Crippen LogP contribution in [0, 0.1) is 0 Å². The van der Waals surface area contributed by atoms with Crippen molar-refractivity contribution < 1.29 is 24.2 Å². The lowest BCUT2D eigenvalue weighted by Crippen LogP contribution is -2.43. The molecule has 1 aliphatic heterocycles. The van der Waals surface area contributed by atoms with Crippen LogP contribution in [0.1, 0.15) is 65.7 Å². The van der Waals surface area contributed by atoms with Gasteiger partial charge in [-0.25, -0.2) is 9.59 Å². The van der Waals surface area contributed by atoms with Crippen LogP contribution in [0.5, 0.6) is 0 Å². The summed E-state index contributed by atoms with van der Waals surface area (Å²) in [6, 6.07) is 3.17. The van der Waals surface area contributed by atoms with Crippen molar-refractivity contribution in [3.63, 3.8) is 0 Å². The lowest BCUT2D eigenvalue weighted by atomic mass is 10.1. The topological polar surface area (TPSA) is 118 Å². The van der Waals surface area contributed by atoms with Crippen LogP contribution in [-0.4, -0.2) is 66.8 Å². The molecule has 10 nitrogen and oxygen atoms in total. The van der Waals surface area contributed by atoms with E-state index in [1.54, 1.807) is 33.8 Å². The van der Waals surface area contributed by atoms with E-state index in [4.69, 9.17) is 9.84 Å². The molecule has 0 radical (unpaired) electrons. The van der Waals surface area contributed by atoms with Gasteiger partial charge in [0.1, 0.15) is 5.60 Å². The summed E-state index contributed by atoms with van der Waals surface area (Å²) in [6.07, 6.45) is 3.92. The zero-order chi connectivity index (χ0) is 23.3. The fourth-order valence-electron chi connectivity index (χ4n) is 3.96. The molecule has 2 aliphatic rings. The number of amides is 2. The van der Waals surface area contributed by atoms with Crippen LogP contribution in [0.2, 0.25) is 0 Å². The van der Waals surface area contributed by atoms with Crippen LogP contribution in [0.15, 0.2) is 24.5 Å².